The van der Waals surface area contributed by atoms with Gasteiger partial charge in [0.25, 0.3) is 0 Å². The van der Waals surface area contributed by atoms with Crippen LogP contribution in [0.2, 0.25) is 0 Å². The molecule has 0 aliphatic carbocycles. The van der Waals surface area contributed by atoms with Crippen molar-refractivity contribution >= 4 is 22.4 Å². The van der Waals surface area contributed by atoms with Gasteiger partial charge >= 0.3 is 0 Å². The fourth-order valence-corrected chi connectivity index (χ4v) is 1.68. The van der Waals surface area contributed by atoms with Gasteiger partial charge in [-0.15, -0.1) is 0 Å². The van der Waals surface area contributed by atoms with Crippen molar-refractivity contribution in [2.75, 3.05) is 11.0 Å². The lowest BCUT2D eigenvalue weighted by atomic mass is 10.1. The molecular weight excluding hydrogens is 184 g/mol. The second-order valence-electron chi connectivity index (χ2n) is 3.27. The first-order chi connectivity index (χ1) is 6.79. The van der Waals surface area contributed by atoms with Gasteiger partial charge in [0.05, 0.1) is 11.4 Å². The molecule has 0 bridgehead atoms. The highest BCUT2D eigenvalue weighted by Gasteiger charge is 2.22. The van der Waals surface area contributed by atoms with Gasteiger partial charge < -0.3 is 0 Å². The van der Waals surface area contributed by atoms with Gasteiger partial charge in [-0.1, -0.05) is 0 Å². The van der Waals surface area contributed by atoms with Crippen molar-refractivity contribution in [1.29, 1.82) is 0 Å². The van der Waals surface area contributed by atoms with Crippen LogP contribution < -0.4 is 11.0 Å². The molecule has 2 N–H and O–H groups in total. The standard InChI is InChI=1S/C8H8N4O2/c1-3-5-7(11-13-9-5)4(2)8-6(3)10-14-12-8/h9,11H,1-2H3. The van der Waals surface area contributed by atoms with Gasteiger partial charge in [0, 0.05) is 11.1 Å². The molecular formula is C8H8N4O2. The molecule has 0 unspecified atom stereocenters. The van der Waals surface area contributed by atoms with Crippen LogP contribution in [0.25, 0.3) is 11.0 Å². The van der Waals surface area contributed by atoms with E-state index in [2.05, 4.69) is 21.3 Å². The summed E-state index contributed by atoms with van der Waals surface area (Å²) in [7, 11) is 0. The minimum atomic E-state index is 0.765. The molecule has 0 atom stereocenters. The van der Waals surface area contributed by atoms with Crippen molar-refractivity contribution < 1.29 is 9.57 Å². The second-order valence-corrected chi connectivity index (χ2v) is 3.27. The Kier molecular flexibility index (Phi) is 1.27. The van der Waals surface area contributed by atoms with E-state index in [-0.39, 0.29) is 0 Å². The Bertz CT molecular complexity index is 476. The van der Waals surface area contributed by atoms with Crippen LogP contribution in [-0.4, -0.2) is 10.3 Å². The van der Waals surface area contributed by atoms with E-state index in [0.29, 0.717) is 0 Å². The summed E-state index contributed by atoms with van der Waals surface area (Å²) in [5.41, 5.74) is 10.8. The maximum absolute atomic E-state index is 4.93. The third-order valence-electron chi connectivity index (χ3n) is 2.51. The first kappa shape index (κ1) is 7.57. The van der Waals surface area contributed by atoms with Crippen LogP contribution in [0.15, 0.2) is 4.63 Å². The number of hydrogen-bond acceptors (Lipinski definition) is 6. The number of benzene rings is 1. The zero-order valence-corrected chi connectivity index (χ0v) is 7.71. The molecule has 1 aliphatic rings. The molecule has 0 fully saturated rings. The Morgan fingerprint density at radius 3 is 1.93 bits per heavy atom. The van der Waals surface area contributed by atoms with E-state index in [1.165, 1.54) is 0 Å². The molecule has 1 aromatic heterocycles. The molecule has 14 heavy (non-hydrogen) atoms. The van der Waals surface area contributed by atoms with Crippen LogP contribution in [0.4, 0.5) is 11.4 Å². The number of aromatic nitrogens is 2. The zero-order chi connectivity index (χ0) is 9.71. The predicted molar refractivity (Wildman–Crippen MR) is 49.6 cm³/mol. The van der Waals surface area contributed by atoms with Crippen molar-refractivity contribution in [2.45, 2.75) is 13.8 Å². The number of aryl methyl sites for hydroxylation is 2. The normalized spacial score (nSPS) is 13.9. The highest BCUT2D eigenvalue weighted by atomic mass is 16.8. The summed E-state index contributed by atoms with van der Waals surface area (Å²) in [6, 6.07) is 0. The van der Waals surface area contributed by atoms with E-state index < -0.39 is 0 Å². The van der Waals surface area contributed by atoms with Gasteiger partial charge in [0.15, 0.2) is 0 Å². The molecule has 0 amide bonds. The van der Waals surface area contributed by atoms with Crippen molar-refractivity contribution in [2.24, 2.45) is 0 Å². The maximum Gasteiger partial charge on any atom is 0.140 e. The van der Waals surface area contributed by atoms with E-state index in [9.17, 15) is 0 Å². The number of anilines is 2. The number of rotatable bonds is 0. The van der Waals surface area contributed by atoms with Gasteiger partial charge in [-0.2, -0.15) is 4.94 Å². The van der Waals surface area contributed by atoms with Crippen molar-refractivity contribution in [3.05, 3.63) is 11.1 Å². The van der Waals surface area contributed by atoms with Crippen LogP contribution in [-0.2, 0) is 4.94 Å². The minimum Gasteiger partial charge on any atom is -0.243 e. The minimum absolute atomic E-state index is 0.765. The molecule has 3 rings (SSSR count). The molecule has 0 saturated heterocycles. The third kappa shape index (κ3) is 0.734. The average Bonchev–Trinajstić information content (AvgIpc) is 2.82. The lowest BCUT2D eigenvalue weighted by molar-refractivity contribution is 0.282. The first-order valence-corrected chi connectivity index (χ1v) is 4.22. The average molecular weight is 192 g/mol. The van der Waals surface area contributed by atoms with Gasteiger partial charge in [0.2, 0.25) is 0 Å². The van der Waals surface area contributed by atoms with E-state index >= 15 is 0 Å². The number of nitrogens with one attached hydrogen (secondary N) is 2. The molecule has 2 heterocycles. The topological polar surface area (TPSA) is 72.2 Å². The Morgan fingerprint density at radius 2 is 1.43 bits per heavy atom. The highest BCUT2D eigenvalue weighted by molar-refractivity contribution is 5.95. The number of nitrogens with zero attached hydrogens (tertiary/aromatic N) is 2. The second kappa shape index (κ2) is 2.36. The lowest BCUT2D eigenvalue weighted by Gasteiger charge is -2.03. The lowest BCUT2D eigenvalue weighted by Crippen LogP contribution is -1.95. The van der Waals surface area contributed by atoms with E-state index in [1.54, 1.807) is 0 Å². The smallest absolute Gasteiger partial charge is 0.140 e. The predicted octanol–water partition coefficient (Wildman–Crippen LogP) is 1.52. The van der Waals surface area contributed by atoms with Crippen molar-refractivity contribution in [3.63, 3.8) is 0 Å². The van der Waals surface area contributed by atoms with Crippen molar-refractivity contribution in [3.8, 4) is 0 Å². The van der Waals surface area contributed by atoms with Crippen LogP contribution in [0, 0.1) is 13.8 Å². The van der Waals surface area contributed by atoms with Crippen LogP contribution >= 0.6 is 0 Å². The summed E-state index contributed by atoms with van der Waals surface area (Å²) >= 11 is 0. The highest BCUT2D eigenvalue weighted by Crippen LogP contribution is 2.38. The summed E-state index contributed by atoms with van der Waals surface area (Å²) in [4.78, 5) is 4.93. The fourth-order valence-electron chi connectivity index (χ4n) is 1.68. The quantitative estimate of drug-likeness (QED) is 0.659. The molecule has 0 saturated carbocycles. The van der Waals surface area contributed by atoms with Crippen molar-refractivity contribution in [1.82, 2.24) is 10.3 Å². The summed E-state index contributed by atoms with van der Waals surface area (Å²) in [5.74, 6) is 0. The van der Waals surface area contributed by atoms with Crippen LogP contribution in [0.3, 0.4) is 0 Å². The van der Waals surface area contributed by atoms with Gasteiger partial charge in [-0.05, 0) is 24.2 Å². The molecule has 72 valence electrons. The number of hydrogen-bond donors (Lipinski definition) is 2. The van der Waals surface area contributed by atoms with E-state index in [1.807, 2.05) is 13.8 Å². The summed E-state index contributed by atoms with van der Waals surface area (Å²) in [5, 5.41) is 7.69. The largest absolute Gasteiger partial charge is 0.243 e. The molecule has 6 heteroatoms. The Labute approximate surface area is 79.1 Å². The van der Waals surface area contributed by atoms with Gasteiger partial charge in [-0.3, -0.25) is 0 Å². The molecule has 6 nitrogen and oxygen atoms in total. The molecule has 1 aliphatic heterocycles. The molecule has 0 radical (unpaired) electrons. The monoisotopic (exact) mass is 192 g/mol. The van der Waals surface area contributed by atoms with Gasteiger partial charge in [-0.25, -0.2) is 15.6 Å². The fraction of sp³-hybridized carbons (Fsp3) is 0.250. The van der Waals surface area contributed by atoms with E-state index in [0.717, 1.165) is 33.5 Å². The number of fused-ring (bicyclic) bond motifs is 2. The maximum atomic E-state index is 4.93. The molecule has 2 aromatic rings. The Balaban J connectivity index is 2.51. The third-order valence-corrected chi connectivity index (χ3v) is 2.51. The Morgan fingerprint density at radius 1 is 0.929 bits per heavy atom. The molecule has 1 aromatic carbocycles. The SMILES string of the molecule is Cc1c2c(c(C)c3nonc13)NON2. The summed E-state index contributed by atoms with van der Waals surface area (Å²) in [6.45, 7) is 3.88. The Hall–Kier alpha value is -1.82. The van der Waals surface area contributed by atoms with Gasteiger partial charge in [0.1, 0.15) is 11.0 Å². The van der Waals surface area contributed by atoms with E-state index in [4.69, 9.17) is 9.57 Å². The first-order valence-electron chi connectivity index (χ1n) is 4.22. The summed E-state index contributed by atoms with van der Waals surface area (Å²) < 4.78 is 4.71. The molecule has 0 spiro atoms. The summed E-state index contributed by atoms with van der Waals surface area (Å²) in [6.07, 6.45) is 0. The van der Waals surface area contributed by atoms with Crippen LogP contribution in [0.5, 0.6) is 0 Å². The zero-order valence-electron chi connectivity index (χ0n) is 7.71. The van der Waals surface area contributed by atoms with Crippen LogP contribution in [0.1, 0.15) is 11.1 Å².